The summed E-state index contributed by atoms with van der Waals surface area (Å²) in [5.41, 5.74) is 1.82. The van der Waals surface area contributed by atoms with E-state index in [1.165, 1.54) is 12.0 Å². The first-order valence-corrected chi connectivity index (χ1v) is 9.88. The van der Waals surface area contributed by atoms with Gasteiger partial charge in [0.1, 0.15) is 5.75 Å². The van der Waals surface area contributed by atoms with Gasteiger partial charge in [-0.05, 0) is 53.7 Å². The molecule has 0 bridgehead atoms. The van der Waals surface area contributed by atoms with Gasteiger partial charge < -0.3 is 4.74 Å². The van der Waals surface area contributed by atoms with Crippen LogP contribution in [0.1, 0.15) is 91.5 Å². The number of hydrogen-bond donors (Lipinski definition) is 0. The van der Waals surface area contributed by atoms with Gasteiger partial charge in [0.05, 0.1) is 5.92 Å². The molecule has 0 heterocycles. The lowest BCUT2D eigenvalue weighted by molar-refractivity contribution is -0.139. The van der Waals surface area contributed by atoms with E-state index in [1.54, 1.807) is 0 Å². The standard InChI is InChI=1S/C23H36O2/c1-22(2,3)16-20(23(4,5)6)17-12-14-19(15-13-17)25-21(24)18-10-8-7-9-11-18/h12-15,18,20H,7-11,16H2,1-6H3. The summed E-state index contributed by atoms with van der Waals surface area (Å²) in [5, 5.41) is 0. The molecule has 2 rings (SSSR count). The molecule has 0 amide bonds. The maximum absolute atomic E-state index is 12.3. The van der Waals surface area contributed by atoms with E-state index in [9.17, 15) is 4.79 Å². The Hall–Kier alpha value is -1.31. The predicted octanol–water partition coefficient (Wildman–Crippen LogP) is 6.74. The summed E-state index contributed by atoms with van der Waals surface area (Å²) in [6.07, 6.45) is 6.65. The molecule has 1 unspecified atom stereocenters. The van der Waals surface area contributed by atoms with E-state index < -0.39 is 0 Å². The Morgan fingerprint density at radius 3 is 2.04 bits per heavy atom. The van der Waals surface area contributed by atoms with Gasteiger partial charge in [-0.3, -0.25) is 4.79 Å². The van der Waals surface area contributed by atoms with Gasteiger partial charge in [-0.15, -0.1) is 0 Å². The van der Waals surface area contributed by atoms with Crippen molar-refractivity contribution in [3.05, 3.63) is 29.8 Å². The second-order valence-corrected chi connectivity index (χ2v) is 10.0. The van der Waals surface area contributed by atoms with Gasteiger partial charge in [0, 0.05) is 0 Å². The van der Waals surface area contributed by atoms with Crippen LogP contribution in [0.25, 0.3) is 0 Å². The Morgan fingerprint density at radius 1 is 1.00 bits per heavy atom. The summed E-state index contributed by atoms with van der Waals surface area (Å²) >= 11 is 0. The van der Waals surface area contributed by atoms with Gasteiger partial charge in [0.15, 0.2) is 0 Å². The van der Waals surface area contributed by atoms with Crippen molar-refractivity contribution in [2.45, 2.75) is 86.0 Å². The van der Waals surface area contributed by atoms with Gasteiger partial charge in [-0.2, -0.15) is 0 Å². The van der Waals surface area contributed by atoms with E-state index >= 15 is 0 Å². The molecule has 140 valence electrons. The largest absolute Gasteiger partial charge is 0.426 e. The molecule has 0 spiro atoms. The van der Waals surface area contributed by atoms with Crippen LogP contribution >= 0.6 is 0 Å². The van der Waals surface area contributed by atoms with Crippen LogP contribution < -0.4 is 4.74 Å². The molecule has 0 aliphatic heterocycles. The second kappa shape index (κ2) is 7.93. The summed E-state index contributed by atoms with van der Waals surface area (Å²) in [5.74, 6) is 1.21. The first-order valence-electron chi connectivity index (χ1n) is 9.88. The Labute approximate surface area is 154 Å². The first kappa shape index (κ1) is 20.0. The zero-order valence-corrected chi connectivity index (χ0v) is 17.0. The van der Waals surface area contributed by atoms with Crippen LogP contribution in [0.15, 0.2) is 24.3 Å². The molecular formula is C23H36O2. The number of rotatable bonds is 4. The van der Waals surface area contributed by atoms with E-state index in [-0.39, 0.29) is 22.7 Å². The van der Waals surface area contributed by atoms with Gasteiger partial charge in [0.25, 0.3) is 0 Å². The average Bonchev–Trinajstić information content (AvgIpc) is 2.52. The van der Waals surface area contributed by atoms with E-state index in [0.717, 1.165) is 32.1 Å². The zero-order valence-electron chi connectivity index (χ0n) is 17.0. The Morgan fingerprint density at radius 2 is 1.56 bits per heavy atom. The molecule has 0 N–H and O–H groups in total. The fourth-order valence-electron chi connectivity index (χ4n) is 3.84. The fraction of sp³-hybridized carbons (Fsp3) is 0.696. The zero-order chi connectivity index (χ0) is 18.7. The molecular weight excluding hydrogens is 308 g/mol. The third-order valence-corrected chi connectivity index (χ3v) is 5.30. The van der Waals surface area contributed by atoms with Gasteiger partial charge >= 0.3 is 5.97 Å². The van der Waals surface area contributed by atoms with Crippen molar-refractivity contribution in [1.82, 2.24) is 0 Å². The summed E-state index contributed by atoms with van der Waals surface area (Å²) < 4.78 is 5.64. The quantitative estimate of drug-likeness (QED) is 0.446. The molecule has 2 heteroatoms. The average molecular weight is 345 g/mol. The normalized spacial score (nSPS) is 18.0. The Kier molecular flexibility index (Phi) is 6.35. The molecule has 0 saturated heterocycles. The maximum atomic E-state index is 12.3. The van der Waals surface area contributed by atoms with Crippen LogP contribution in [0.2, 0.25) is 0 Å². The van der Waals surface area contributed by atoms with Crippen LogP contribution in [0.5, 0.6) is 5.75 Å². The lowest BCUT2D eigenvalue weighted by atomic mass is 9.69. The Balaban J connectivity index is 2.07. The van der Waals surface area contributed by atoms with Crippen molar-refractivity contribution < 1.29 is 9.53 Å². The van der Waals surface area contributed by atoms with E-state index in [0.29, 0.717) is 11.7 Å². The minimum Gasteiger partial charge on any atom is -0.426 e. The number of carbonyl (C=O) groups excluding carboxylic acids is 1. The van der Waals surface area contributed by atoms with Gasteiger partial charge in [-0.25, -0.2) is 0 Å². The highest BCUT2D eigenvalue weighted by atomic mass is 16.5. The number of ether oxygens (including phenoxy) is 1. The number of benzene rings is 1. The lowest BCUT2D eigenvalue weighted by Gasteiger charge is -2.36. The Bertz CT molecular complexity index is 551. The van der Waals surface area contributed by atoms with Crippen molar-refractivity contribution in [1.29, 1.82) is 0 Å². The van der Waals surface area contributed by atoms with Gasteiger partial charge in [0.2, 0.25) is 0 Å². The van der Waals surface area contributed by atoms with Crippen molar-refractivity contribution in [2.24, 2.45) is 16.7 Å². The molecule has 1 atom stereocenters. The molecule has 1 aromatic rings. The number of carbonyl (C=O) groups is 1. The second-order valence-electron chi connectivity index (χ2n) is 10.0. The molecule has 1 saturated carbocycles. The molecule has 1 fully saturated rings. The lowest BCUT2D eigenvalue weighted by Crippen LogP contribution is -2.24. The molecule has 1 aliphatic rings. The van der Waals surface area contributed by atoms with Crippen molar-refractivity contribution in [2.75, 3.05) is 0 Å². The van der Waals surface area contributed by atoms with Crippen molar-refractivity contribution >= 4 is 5.97 Å². The number of hydrogen-bond acceptors (Lipinski definition) is 2. The van der Waals surface area contributed by atoms with Crippen LogP contribution in [-0.4, -0.2) is 5.97 Å². The molecule has 0 aromatic heterocycles. The van der Waals surface area contributed by atoms with E-state index in [4.69, 9.17) is 4.74 Å². The monoisotopic (exact) mass is 344 g/mol. The summed E-state index contributed by atoms with van der Waals surface area (Å²) in [6.45, 7) is 13.8. The molecule has 2 nitrogen and oxygen atoms in total. The van der Waals surface area contributed by atoms with Crippen LogP contribution in [0.3, 0.4) is 0 Å². The van der Waals surface area contributed by atoms with E-state index in [1.807, 2.05) is 12.1 Å². The smallest absolute Gasteiger partial charge is 0.314 e. The maximum Gasteiger partial charge on any atom is 0.314 e. The van der Waals surface area contributed by atoms with Crippen LogP contribution in [0.4, 0.5) is 0 Å². The summed E-state index contributed by atoms with van der Waals surface area (Å²) in [6, 6.07) is 8.23. The molecule has 1 aromatic carbocycles. The highest BCUT2D eigenvalue weighted by Gasteiger charge is 2.30. The third kappa shape index (κ3) is 6.17. The minimum atomic E-state index is -0.0467. The SMILES string of the molecule is CC(C)(C)CC(c1ccc(OC(=O)C2CCCCC2)cc1)C(C)(C)C. The van der Waals surface area contributed by atoms with Crippen LogP contribution in [-0.2, 0) is 4.79 Å². The van der Waals surface area contributed by atoms with Crippen molar-refractivity contribution in [3.8, 4) is 5.75 Å². The third-order valence-electron chi connectivity index (χ3n) is 5.30. The van der Waals surface area contributed by atoms with E-state index in [2.05, 4.69) is 53.7 Å². The fourth-order valence-corrected chi connectivity index (χ4v) is 3.84. The molecule has 1 aliphatic carbocycles. The minimum absolute atomic E-state index is 0.0467. The van der Waals surface area contributed by atoms with Crippen molar-refractivity contribution in [3.63, 3.8) is 0 Å². The first-order chi connectivity index (χ1) is 11.6. The number of esters is 1. The molecule has 0 radical (unpaired) electrons. The highest BCUT2D eigenvalue weighted by molar-refractivity contribution is 5.75. The summed E-state index contributed by atoms with van der Waals surface area (Å²) in [7, 11) is 0. The topological polar surface area (TPSA) is 26.3 Å². The van der Waals surface area contributed by atoms with Gasteiger partial charge in [-0.1, -0.05) is 72.9 Å². The van der Waals surface area contributed by atoms with Crippen LogP contribution in [0, 0.1) is 16.7 Å². The predicted molar refractivity (Wildman–Crippen MR) is 105 cm³/mol. The molecule has 25 heavy (non-hydrogen) atoms. The summed E-state index contributed by atoms with van der Waals surface area (Å²) in [4.78, 5) is 12.3. The highest BCUT2D eigenvalue weighted by Crippen LogP contribution is 2.43.